The number of methoxy groups -OCH3 is 1. The van der Waals surface area contributed by atoms with Gasteiger partial charge < -0.3 is 19.3 Å². The summed E-state index contributed by atoms with van der Waals surface area (Å²) in [4.78, 5) is 29.1. The van der Waals surface area contributed by atoms with Gasteiger partial charge in [0.25, 0.3) is 0 Å². The standard InChI is InChI=1S/C23H29NO6/c1-14(2)22(16(4)29-17-9-7-6-8-10-17)30-23(27)15(3)13-18(25)20-21(26)19(28-5)11-12-24-20/h6-12,14-16,22,26H,13H2,1-5H3/t15-,16+,22+/m1/s1. The van der Waals surface area contributed by atoms with Crippen molar-refractivity contribution >= 4 is 11.8 Å². The predicted molar refractivity (Wildman–Crippen MR) is 112 cm³/mol. The number of aromatic nitrogens is 1. The van der Waals surface area contributed by atoms with E-state index in [1.165, 1.54) is 19.4 Å². The molecule has 0 spiro atoms. The second-order valence-electron chi connectivity index (χ2n) is 7.52. The van der Waals surface area contributed by atoms with Crippen LogP contribution in [-0.2, 0) is 9.53 Å². The van der Waals surface area contributed by atoms with E-state index in [1.807, 2.05) is 51.1 Å². The highest BCUT2D eigenvalue weighted by molar-refractivity contribution is 5.99. The van der Waals surface area contributed by atoms with Crippen molar-refractivity contribution in [3.8, 4) is 17.2 Å². The van der Waals surface area contributed by atoms with E-state index in [2.05, 4.69) is 4.98 Å². The number of carbonyl (C=O) groups excluding carboxylic acids is 2. The third-order valence-electron chi connectivity index (χ3n) is 4.70. The van der Waals surface area contributed by atoms with Crippen molar-refractivity contribution < 1.29 is 28.9 Å². The van der Waals surface area contributed by atoms with Crippen LogP contribution in [0.1, 0.15) is 44.6 Å². The Kier molecular flexibility index (Phi) is 8.21. The smallest absolute Gasteiger partial charge is 0.309 e. The van der Waals surface area contributed by atoms with Gasteiger partial charge in [-0.05, 0) is 25.0 Å². The third-order valence-corrected chi connectivity index (χ3v) is 4.70. The maximum Gasteiger partial charge on any atom is 0.309 e. The van der Waals surface area contributed by atoms with Gasteiger partial charge in [0.15, 0.2) is 23.0 Å². The van der Waals surface area contributed by atoms with E-state index in [1.54, 1.807) is 6.92 Å². The first-order valence-electron chi connectivity index (χ1n) is 9.91. The summed E-state index contributed by atoms with van der Waals surface area (Å²) in [5.41, 5.74) is -0.129. The fourth-order valence-electron chi connectivity index (χ4n) is 3.07. The molecule has 0 aliphatic carbocycles. The zero-order valence-electron chi connectivity index (χ0n) is 18.0. The average molecular weight is 415 g/mol. The quantitative estimate of drug-likeness (QED) is 0.462. The molecule has 0 unspecified atom stereocenters. The molecule has 0 radical (unpaired) electrons. The maximum absolute atomic E-state index is 12.7. The van der Waals surface area contributed by atoms with E-state index in [0.29, 0.717) is 5.75 Å². The third kappa shape index (κ3) is 5.95. The molecule has 2 rings (SSSR count). The lowest BCUT2D eigenvalue weighted by molar-refractivity contribution is -0.161. The molecular weight excluding hydrogens is 386 g/mol. The number of para-hydroxylation sites is 1. The maximum atomic E-state index is 12.7. The van der Waals surface area contributed by atoms with Crippen molar-refractivity contribution in [1.29, 1.82) is 0 Å². The molecule has 7 heteroatoms. The molecule has 0 saturated heterocycles. The molecule has 0 amide bonds. The highest BCUT2D eigenvalue weighted by Crippen LogP contribution is 2.29. The van der Waals surface area contributed by atoms with E-state index in [-0.39, 0.29) is 35.6 Å². The number of rotatable bonds is 10. The van der Waals surface area contributed by atoms with Gasteiger partial charge in [-0.25, -0.2) is 4.98 Å². The zero-order valence-corrected chi connectivity index (χ0v) is 18.0. The summed E-state index contributed by atoms with van der Waals surface area (Å²) in [5, 5.41) is 10.1. The van der Waals surface area contributed by atoms with E-state index in [4.69, 9.17) is 14.2 Å². The summed E-state index contributed by atoms with van der Waals surface area (Å²) in [7, 11) is 1.38. The van der Waals surface area contributed by atoms with Crippen LogP contribution >= 0.6 is 0 Å². The van der Waals surface area contributed by atoms with Gasteiger partial charge in [-0.2, -0.15) is 0 Å². The monoisotopic (exact) mass is 415 g/mol. The number of hydrogen-bond donors (Lipinski definition) is 1. The van der Waals surface area contributed by atoms with E-state index >= 15 is 0 Å². The van der Waals surface area contributed by atoms with Crippen LogP contribution in [0.4, 0.5) is 0 Å². The fourth-order valence-corrected chi connectivity index (χ4v) is 3.07. The number of ether oxygens (including phenoxy) is 3. The van der Waals surface area contributed by atoms with Crippen LogP contribution in [0, 0.1) is 11.8 Å². The van der Waals surface area contributed by atoms with Crippen molar-refractivity contribution in [2.75, 3.05) is 7.11 Å². The molecule has 162 valence electrons. The van der Waals surface area contributed by atoms with Crippen LogP contribution < -0.4 is 9.47 Å². The molecule has 0 aliphatic rings. The lowest BCUT2D eigenvalue weighted by Gasteiger charge is -2.29. The van der Waals surface area contributed by atoms with Gasteiger partial charge in [-0.15, -0.1) is 0 Å². The predicted octanol–water partition coefficient (Wildman–Crippen LogP) is 4.04. The summed E-state index contributed by atoms with van der Waals surface area (Å²) in [5.74, 6) is -1.17. The van der Waals surface area contributed by atoms with E-state index in [0.717, 1.165) is 0 Å². The number of nitrogens with zero attached hydrogens (tertiary/aromatic N) is 1. The second-order valence-corrected chi connectivity index (χ2v) is 7.52. The first-order chi connectivity index (χ1) is 14.2. The fraction of sp³-hybridized carbons (Fsp3) is 0.435. The van der Waals surface area contributed by atoms with Crippen molar-refractivity contribution in [2.45, 2.75) is 46.3 Å². The number of Topliss-reactive ketones (excluding diaryl/α,β-unsaturated/α-hetero) is 1. The van der Waals surface area contributed by atoms with Crippen molar-refractivity contribution in [1.82, 2.24) is 4.98 Å². The Morgan fingerprint density at radius 1 is 1.07 bits per heavy atom. The zero-order chi connectivity index (χ0) is 22.3. The molecule has 2 aromatic rings. The Morgan fingerprint density at radius 3 is 2.33 bits per heavy atom. The Hall–Kier alpha value is -3.09. The minimum Gasteiger partial charge on any atom is -0.503 e. The lowest BCUT2D eigenvalue weighted by atomic mass is 10.00. The normalized spacial score (nSPS) is 13.9. The Bertz CT molecular complexity index is 852. The summed E-state index contributed by atoms with van der Waals surface area (Å²) < 4.78 is 16.6. The first kappa shape index (κ1) is 23.2. The molecular formula is C23H29NO6. The van der Waals surface area contributed by atoms with Crippen molar-refractivity contribution in [2.24, 2.45) is 11.8 Å². The largest absolute Gasteiger partial charge is 0.503 e. The Balaban J connectivity index is 2.02. The number of esters is 1. The molecule has 0 fully saturated rings. The van der Waals surface area contributed by atoms with E-state index in [9.17, 15) is 14.7 Å². The Morgan fingerprint density at radius 2 is 1.73 bits per heavy atom. The van der Waals surface area contributed by atoms with Crippen molar-refractivity contribution in [3.63, 3.8) is 0 Å². The van der Waals surface area contributed by atoms with Crippen molar-refractivity contribution in [3.05, 3.63) is 48.3 Å². The average Bonchev–Trinajstić information content (AvgIpc) is 2.72. The van der Waals surface area contributed by atoms with Gasteiger partial charge in [-0.3, -0.25) is 9.59 Å². The minimum atomic E-state index is -0.713. The first-order valence-corrected chi connectivity index (χ1v) is 9.91. The number of benzene rings is 1. The number of hydrogen-bond acceptors (Lipinski definition) is 7. The summed E-state index contributed by atoms with van der Waals surface area (Å²) in [6, 6.07) is 10.8. The molecule has 1 heterocycles. The van der Waals surface area contributed by atoms with Gasteiger partial charge in [0, 0.05) is 18.7 Å². The van der Waals surface area contributed by atoms with Gasteiger partial charge in [0.05, 0.1) is 13.0 Å². The molecule has 30 heavy (non-hydrogen) atoms. The van der Waals surface area contributed by atoms with Crippen LogP contribution in [0.3, 0.4) is 0 Å². The number of ketones is 1. The molecule has 7 nitrogen and oxygen atoms in total. The SMILES string of the molecule is COc1ccnc(C(=O)C[C@@H](C)C(=O)O[C@@H](C(C)C)[C@H](C)Oc2ccccc2)c1O. The molecule has 1 aromatic carbocycles. The summed E-state index contributed by atoms with van der Waals surface area (Å²) in [6.07, 6.45) is 0.360. The number of pyridine rings is 1. The molecule has 1 aromatic heterocycles. The highest BCUT2D eigenvalue weighted by Gasteiger charge is 2.30. The van der Waals surface area contributed by atoms with Gasteiger partial charge in [0.1, 0.15) is 18.0 Å². The highest BCUT2D eigenvalue weighted by atomic mass is 16.6. The number of carbonyl (C=O) groups is 2. The summed E-state index contributed by atoms with van der Waals surface area (Å²) >= 11 is 0. The molecule has 1 N–H and O–H groups in total. The van der Waals surface area contributed by atoms with Crippen LogP contribution in [0.5, 0.6) is 17.2 Å². The van der Waals surface area contributed by atoms with Crippen LogP contribution in [-0.4, -0.2) is 41.2 Å². The molecule has 0 saturated carbocycles. The molecule has 3 atom stereocenters. The molecule has 0 bridgehead atoms. The number of aromatic hydroxyl groups is 1. The van der Waals surface area contributed by atoms with Gasteiger partial charge >= 0.3 is 5.97 Å². The van der Waals surface area contributed by atoms with Gasteiger partial charge in [-0.1, -0.05) is 39.0 Å². The lowest BCUT2D eigenvalue weighted by Crippen LogP contribution is -2.39. The topological polar surface area (TPSA) is 95.0 Å². The minimum absolute atomic E-state index is 0.0136. The Labute approximate surface area is 177 Å². The van der Waals surface area contributed by atoms with Crippen LogP contribution in [0.2, 0.25) is 0 Å². The summed E-state index contributed by atoms with van der Waals surface area (Å²) in [6.45, 7) is 7.34. The molecule has 0 aliphatic heterocycles. The van der Waals surface area contributed by atoms with E-state index < -0.39 is 23.8 Å². The second kappa shape index (κ2) is 10.6. The van der Waals surface area contributed by atoms with Gasteiger partial charge in [0.2, 0.25) is 0 Å². The van der Waals surface area contributed by atoms with Crippen LogP contribution in [0.15, 0.2) is 42.6 Å². The van der Waals surface area contributed by atoms with Crippen LogP contribution in [0.25, 0.3) is 0 Å².